The zero-order chi connectivity index (χ0) is 12.3. The number of aromatic nitrogens is 1. The van der Waals surface area contributed by atoms with E-state index < -0.39 is 0 Å². The van der Waals surface area contributed by atoms with Crippen molar-refractivity contribution in [1.29, 1.82) is 0 Å². The Bertz CT molecular complexity index is 516. The van der Waals surface area contributed by atoms with Crippen molar-refractivity contribution >= 4 is 39.1 Å². The number of pyridine rings is 1. The maximum Gasteiger partial charge on any atom is 0.138 e. The van der Waals surface area contributed by atoms with Gasteiger partial charge in [0.2, 0.25) is 0 Å². The van der Waals surface area contributed by atoms with Gasteiger partial charge in [0.05, 0.1) is 16.2 Å². The average molecular weight is 333 g/mol. The summed E-state index contributed by atoms with van der Waals surface area (Å²) in [6.07, 6.45) is 1.64. The summed E-state index contributed by atoms with van der Waals surface area (Å²) in [6.45, 7) is 0.364. The molecule has 0 unspecified atom stereocenters. The summed E-state index contributed by atoms with van der Waals surface area (Å²) in [6, 6.07) is 9.10. The molecule has 17 heavy (non-hydrogen) atoms. The number of nitrogens with zero attached hydrogens (tertiary/aromatic N) is 1. The molecular weight excluding hydrogens is 325 g/mol. The lowest BCUT2D eigenvalue weighted by molar-refractivity contribution is 0.305. The highest BCUT2D eigenvalue weighted by Gasteiger charge is 2.05. The van der Waals surface area contributed by atoms with Gasteiger partial charge in [0.15, 0.2) is 0 Å². The molecule has 2 nitrogen and oxygen atoms in total. The highest BCUT2D eigenvalue weighted by Crippen LogP contribution is 2.26. The van der Waals surface area contributed by atoms with Crippen LogP contribution in [0.4, 0.5) is 0 Å². The lowest BCUT2D eigenvalue weighted by Crippen LogP contribution is -1.96. The first-order valence-corrected chi connectivity index (χ1v) is 6.39. The largest absolute Gasteiger partial charge is 0.487 e. The molecule has 0 atom stereocenters. The zero-order valence-corrected chi connectivity index (χ0v) is 11.8. The van der Waals surface area contributed by atoms with Crippen molar-refractivity contribution in [3.8, 4) is 5.75 Å². The molecule has 0 N–H and O–H groups in total. The molecule has 0 saturated carbocycles. The van der Waals surface area contributed by atoms with Gasteiger partial charge in [0, 0.05) is 5.56 Å². The quantitative estimate of drug-likeness (QED) is 0.758. The van der Waals surface area contributed by atoms with Gasteiger partial charge < -0.3 is 4.74 Å². The van der Waals surface area contributed by atoms with E-state index in [2.05, 4.69) is 20.9 Å². The molecule has 0 aliphatic rings. The minimum absolute atomic E-state index is 0.364. The van der Waals surface area contributed by atoms with E-state index in [1.807, 2.05) is 24.3 Å². The maximum absolute atomic E-state index is 6.05. The molecule has 1 aromatic heterocycles. The lowest BCUT2D eigenvalue weighted by Gasteiger charge is -2.08. The normalized spacial score (nSPS) is 10.3. The van der Waals surface area contributed by atoms with Crippen LogP contribution < -0.4 is 4.74 Å². The van der Waals surface area contributed by atoms with Crippen molar-refractivity contribution in [3.63, 3.8) is 0 Å². The number of hydrogen-bond acceptors (Lipinski definition) is 2. The van der Waals surface area contributed by atoms with Crippen LogP contribution in [0.2, 0.25) is 10.0 Å². The molecule has 88 valence electrons. The molecule has 0 bridgehead atoms. The van der Waals surface area contributed by atoms with Crippen LogP contribution in [0.25, 0.3) is 0 Å². The van der Waals surface area contributed by atoms with E-state index in [0.717, 1.165) is 10.2 Å². The first-order chi connectivity index (χ1) is 8.16. The van der Waals surface area contributed by atoms with Gasteiger partial charge in [0.1, 0.15) is 17.0 Å². The summed E-state index contributed by atoms with van der Waals surface area (Å²) >= 11 is 15.2. The second-order valence-electron chi connectivity index (χ2n) is 3.32. The maximum atomic E-state index is 6.05. The first-order valence-electron chi connectivity index (χ1n) is 4.84. The fourth-order valence-electron chi connectivity index (χ4n) is 1.27. The van der Waals surface area contributed by atoms with Gasteiger partial charge in [-0.1, -0.05) is 35.3 Å². The third-order valence-corrected chi connectivity index (χ3v) is 3.45. The van der Waals surface area contributed by atoms with Gasteiger partial charge in [-0.25, -0.2) is 4.98 Å². The first kappa shape index (κ1) is 12.7. The van der Waals surface area contributed by atoms with E-state index in [0.29, 0.717) is 22.4 Å². The molecule has 0 fully saturated rings. The molecule has 5 heteroatoms. The molecule has 0 saturated heterocycles. The van der Waals surface area contributed by atoms with Gasteiger partial charge in [-0.05, 0) is 34.1 Å². The minimum atomic E-state index is 0.364. The third-order valence-electron chi connectivity index (χ3n) is 2.13. The fourth-order valence-corrected chi connectivity index (χ4v) is 1.88. The van der Waals surface area contributed by atoms with Gasteiger partial charge in [-0.2, -0.15) is 0 Å². The van der Waals surface area contributed by atoms with Crippen LogP contribution in [-0.4, -0.2) is 4.98 Å². The summed E-state index contributed by atoms with van der Waals surface area (Å²) < 4.78 is 6.33. The Kier molecular flexibility index (Phi) is 4.26. The van der Waals surface area contributed by atoms with E-state index in [4.69, 9.17) is 27.9 Å². The molecule has 2 rings (SSSR count). The number of rotatable bonds is 3. The summed E-state index contributed by atoms with van der Waals surface area (Å²) in [5, 5.41) is 1.06. The highest BCUT2D eigenvalue weighted by molar-refractivity contribution is 9.10. The molecule has 0 amide bonds. The number of hydrogen-bond donors (Lipinski definition) is 0. The van der Waals surface area contributed by atoms with Crippen LogP contribution in [0.3, 0.4) is 0 Å². The number of halogens is 3. The van der Waals surface area contributed by atoms with Crippen molar-refractivity contribution in [1.82, 2.24) is 4.98 Å². The van der Waals surface area contributed by atoms with Crippen LogP contribution in [0, 0.1) is 0 Å². The smallest absolute Gasteiger partial charge is 0.138 e. The van der Waals surface area contributed by atoms with Crippen molar-refractivity contribution in [2.24, 2.45) is 0 Å². The Balaban J connectivity index is 2.07. The van der Waals surface area contributed by atoms with Crippen molar-refractivity contribution in [3.05, 3.63) is 56.7 Å². The summed E-state index contributed by atoms with van der Waals surface area (Å²) in [7, 11) is 0. The molecule has 1 heterocycles. The fraction of sp³-hybridized carbons (Fsp3) is 0.0833. The Labute approximate surface area is 118 Å². The molecule has 0 aliphatic carbocycles. The van der Waals surface area contributed by atoms with E-state index in [1.165, 1.54) is 0 Å². The lowest BCUT2D eigenvalue weighted by atomic mass is 10.2. The zero-order valence-electron chi connectivity index (χ0n) is 8.66. The van der Waals surface area contributed by atoms with Crippen LogP contribution in [0.1, 0.15) is 5.56 Å². The monoisotopic (exact) mass is 331 g/mol. The number of ether oxygens (including phenoxy) is 1. The van der Waals surface area contributed by atoms with E-state index in [9.17, 15) is 0 Å². The Hall–Kier alpha value is -0.770. The highest BCUT2D eigenvalue weighted by atomic mass is 79.9. The minimum Gasteiger partial charge on any atom is -0.487 e. The third kappa shape index (κ3) is 3.35. The van der Waals surface area contributed by atoms with E-state index in [-0.39, 0.29) is 0 Å². The van der Waals surface area contributed by atoms with Crippen molar-refractivity contribution < 1.29 is 4.74 Å². The Morgan fingerprint density at radius 2 is 2.00 bits per heavy atom. The molecule has 1 aromatic carbocycles. The topological polar surface area (TPSA) is 22.1 Å². The van der Waals surface area contributed by atoms with Crippen molar-refractivity contribution in [2.45, 2.75) is 6.61 Å². The predicted molar refractivity (Wildman–Crippen MR) is 72.7 cm³/mol. The summed E-state index contributed by atoms with van der Waals surface area (Å²) in [4.78, 5) is 4.06. The van der Waals surface area contributed by atoms with E-state index in [1.54, 1.807) is 12.3 Å². The molecular formula is C12H8BrCl2NO. The van der Waals surface area contributed by atoms with Crippen molar-refractivity contribution in [2.75, 3.05) is 0 Å². The van der Waals surface area contributed by atoms with Gasteiger partial charge in [-0.15, -0.1) is 0 Å². The Morgan fingerprint density at radius 3 is 2.71 bits per heavy atom. The van der Waals surface area contributed by atoms with Gasteiger partial charge in [0.25, 0.3) is 0 Å². The molecule has 0 radical (unpaired) electrons. The summed E-state index contributed by atoms with van der Waals surface area (Å²) in [5.74, 6) is 0.684. The second-order valence-corrected chi connectivity index (χ2v) is 4.92. The molecule has 0 aliphatic heterocycles. The van der Waals surface area contributed by atoms with Crippen LogP contribution in [0.5, 0.6) is 5.75 Å². The van der Waals surface area contributed by atoms with Gasteiger partial charge >= 0.3 is 0 Å². The summed E-state index contributed by atoms with van der Waals surface area (Å²) in [5.41, 5.74) is 0.849. The number of benzene rings is 1. The van der Waals surface area contributed by atoms with Crippen LogP contribution in [-0.2, 0) is 6.61 Å². The van der Waals surface area contributed by atoms with E-state index >= 15 is 0 Å². The Morgan fingerprint density at radius 1 is 1.18 bits per heavy atom. The van der Waals surface area contributed by atoms with Gasteiger partial charge in [-0.3, -0.25) is 0 Å². The SMILES string of the molecule is Clc1cccc(COc2ccc(Br)nc2)c1Cl. The van der Waals surface area contributed by atoms with Crippen LogP contribution >= 0.6 is 39.1 Å². The molecule has 0 spiro atoms. The standard InChI is InChI=1S/C12H8BrCl2NO/c13-11-5-4-9(6-16-11)17-7-8-2-1-3-10(14)12(8)15/h1-6H,7H2. The predicted octanol–water partition coefficient (Wildman–Crippen LogP) is 4.73. The molecule has 2 aromatic rings. The second kappa shape index (κ2) is 5.71. The average Bonchev–Trinajstić information content (AvgIpc) is 2.33. The van der Waals surface area contributed by atoms with Crippen LogP contribution in [0.15, 0.2) is 41.1 Å².